The predicted molar refractivity (Wildman–Crippen MR) is 84.0 cm³/mol. The first-order valence-corrected chi connectivity index (χ1v) is 8.47. The number of carbonyl (C=O) groups is 1. The minimum Gasteiger partial charge on any atom is -0.493 e. The molecular formula is C14H22N2O6S. The SMILES string of the molecule is COc1ccc(S(=O)(=O)N[C@H](C)C(=O)NCCCO)cc1OC. The van der Waals surface area contributed by atoms with Crippen LogP contribution >= 0.6 is 0 Å². The number of amides is 1. The molecule has 1 atom stereocenters. The summed E-state index contributed by atoms with van der Waals surface area (Å²) in [5.41, 5.74) is 0. The lowest BCUT2D eigenvalue weighted by atomic mass is 10.3. The van der Waals surface area contributed by atoms with Crippen molar-refractivity contribution < 1.29 is 27.8 Å². The van der Waals surface area contributed by atoms with Crippen LogP contribution < -0.4 is 19.5 Å². The lowest BCUT2D eigenvalue weighted by molar-refractivity contribution is -0.122. The van der Waals surface area contributed by atoms with Crippen LogP contribution in [0.15, 0.2) is 23.1 Å². The number of nitrogens with one attached hydrogen (secondary N) is 2. The van der Waals surface area contributed by atoms with Crippen LogP contribution in [0.25, 0.3) is 0 Å². The van der Waals surface area contributed by atoms with Gasteiger partial charge >= 0.3 is 0 Å². The summed E-state index contributed by atoms with van der Waals surface area (Å²) in [7, 11) is -1.04. The third kappa shape index (κ3) is 5.38. The Kier molecular flexibility index (Phi) is 7.27. The maximum absolute atomic E-state index is 12.3. The van der Waals surface area contributed by atoms with Gasteiger partial charge in [-0.2, -0.15) is 4.72 Å². The van der Waals surface area contributed by atoms with Crippen LogP contribution in [-0.4, -0.2) is 52.8 Å². The summed E-state index contributed by atoms with van der Waals surface area (Å²) in [5.74, 6) is 0.208. The highest BCUT2D eigenvalue weighted by Gasteiger charge is 2.23. The third-order valence-electron chi connectivity index (χ3n) is 3.02. The van der Waals surface area contributed by atoms with E-state index in [1.54, 1.807) is 0 Å². The highest BCUT2D eigenvalue weighted by molar-refractivity contribution is 7.89. The molecule has 1 amide bonds. The molecule has 0 radical (unpaired) electrons. The number of methoxy groups -OCH3 is 2. The van der Waals surface area contributed by atoms with E-state index in [9.17, 15) is 13.2 Å². The zero-order valence-corrected chi connectivity index (χ0v) is 14.1. The van der Waals surface area contributed by atoms with Crippen LogP contribution in [0.4, 0.5) is 0 Å². The standard InChI is InChI=1S/C14H22N2O6S/c1-10(14(18)15-7-4-8-17)16-23(19,20)11-5-6-12(21-2)13(9-11)22-3/h5-6,9-10,16-17H,4,7-8H2,1-3H3,(H,15,18)/t10-/m1/s1. The largest absolute Gasteiger partial charge is 0.493 e. The first kappa shape index (κ1) is 19.2. The van der Waals surface area contributed by atoms with Gasteiger partial charge in [-0.1, -0.05) is 0 Å². The number of sulfonamides is 1. The highest BCUT2D eigenvalue weighted by Crippen LogP contribution is 2.29. The van der Waals surface area contributed by atoms with Gasteiger partial charge in [-0.25, -0.2) is 8.42 Å². The Morgan fingerprint density at radius 1 is 1.26 bits per heavy atom. The third-order valence-corrected chi connectivity index (χ3v) is 4.56. The van der Waals surface area contributed by atoms with Crippen molar-refractivity contribution in [2.45, 2.75) is 24.3 Å². The molecule has 3 N–H and O–H groups in total. The second kappa shape index (κ2) is 8.70. The van der Waals surface area contributed by atoms with E-state index >= 15 is 0 Å². The Morgan fingerprint density at radius 3 is 2.48 bits per heavy atom. The molecule has 0 aliphatic heterocycles. The summed E-state index contributed by atoms with van der Waals surface area (Å²) in [6.07, 6.45) is 0.404. The monoisotopic (exact) mass is 346 g/mol. The van der Waals surface area contributed by atoms with Gasteiger partial charge < -0.3 is 19.9 Å². The molecule has 0 aliphatic carbocycles. The van der Waals surface area contributed by atoms with E-state index in [1.165, 1.54) is 39.3 Å². The lowest BCUT2D eigenvalue weighted by Crippen LogP contribution is -2.45. The summed E-state index contributed by atoms with van der Waals surface area (Å²) in [4.78, 5) is 11.7. The summed E-state index contributed by atoms with van der Waals surface area (Å²) in [6.45, 7) is 1.66. The zero-order valence-electron chi connectivity index (χ0n) is 13.3. The number of carbonyl (C=O) groups excluding carboxylic acids is 1. The Bertz CT molecular complexity index is 632. The molecule has 8 nitrogen and oxygen atoms in total. The van der Waals surface area contributed by atoms with E-state index in [4.69, 9.17) is 14.6 Å². The van der Waals surface area contributed by atoms with Gasteiger partial charge in [0.2, 0.25) is 15.9 Å². The number of benzene rings is 1. The van der Waals surface area contributed by atoms with Crippen LogP contribution in [0.2, 0.25) is 0 Å². The molecule has 0 heterocycles. The van der Waals surface area contributed by atoms with Gasteiger partial charge in [0.25, 0.3) is 0 Å². The fraction of sp³-hybridized carbons (Fsp3) is 0.500. The fourth-order valence-electron chi connectivity index (χ4n) is 1.78. The van der Waals surface area contributed by atoms with E-state index in [1.807, 2.05) is 0 Å². The Hall–Kier alpha value is -1.84. The van der Waals surface area contributed by atoms with Crippen molar-refractivity contribution in [1.29, 1.82) is 0 Å². The molecular weight excluding hydrogens is 324 g/mol. The van der Waals surface area contributed by atoms with Crippen molar-refractivity contribution in [2.75, 3.05) is 27.4 Å². The molecule has 0 fully saturated rings. The van der Waals surface area contributed by atoms with E-state index in [0.717, 1.165) is 0 Å². The van der Waals surface area contributed by atoms with Gasteiger partial charge in [0.1, 0.15) is 0 Å². The molecule has 0 aromatic heterocycles. The van der Waals surface area contributed by atoms with Gasteiger partial charge in [0.05, 0.1) is 25.2 Å². The van der Waals surface area contributed by atoms with Gasteiger partial charge in [-0.15, -0.1) is 0 Å². The quantitative estimate of drug-likeness (QED) is 0.537. The molecule has 1 aromatic rings. The van der Waals surface area contributed by atoms with Crippen molar-refractivity contribution in [3.8, 4) is 11.5 Å². The smallest absolute Gasteiger partial charge is 0.241 e. The zero-order chi connectivity index (χ0) is 17.5. The maximum atomic E-state index is 12.3. The van der Waals surface area contributed by atoms with Gasteiger partial charge in [-0.3, -0.25) is 4.79 Å². The summed E-state index contributed by atoms with van der Waals surface area (Å²) in [5, 5.41) is 11.2. The van der Waals surface area contributed by atoms with Crippen molar-refractivity contribution in [3.05, 3.63) is 18.2 Å². The first-order valence-electron chi connectivity index (χ1n) is 6.98. The van der Waals surface area contributed by atoms with Crippen molar-refractivity contribution in [1.82, 2.24) is 10.0 Å². The number of aliphatic hydroxyl groups is 1. The van der Waals surface area contributed by atoms with E-state index in [0.29, 0.717) is 12.2 Å². The fourth-order valence-corrected chi connectivity index (χ4v) is 3.00. The maximum Gasteiger partial charge on any atom is 0.241 e. The number of hydrogen-bond donors (Lipinski definition) is 3. The Balaban J connectivity index is 2.84. The van der Waals surface area contributed by atoms with Crippen LogP contribution in [0, 0.1) is 0 Å². The van der Waals surface area contributed by atoms with Crippen molar-refractivity contribution in [3.63, 3.8) is 0 Å². The Morgan fingerprint density at radius 2 is 1.91 bits per heavy atom. The summed E-state index contributed by atoms with van der Waals surface area (Å²) >= 11 is 0. The molecule has 0 saturated heterocycles. The molecule has 0 aliphatic rings. The normalized spacial score (nSPS) is 12.5. The highest BCUT2D eigenvalue weighted by atomic mass is 32.2. The number of ether oxygens (including phenoxy) is 2. The lowest BCUT2D eigenvalue weighted by Gasteiger charge is -2.15. The van der Waals surface area contributed by atoms with Gasteiger partial charge in [0.15, 0.2) is 11.5 Å². The Labute approximate surface area is 135 Å². The van der Waals surface area contributed by atoms with Crippen molar-refractivity contribution >= 4 is 15.9 Å². The molecule has 0 saturated carbocycles. The molecule has 9 heteroatoms. The average molecular weight is 346 g/mol. The molecule has 0 bridgehead atoms. The van der Waals surface area contributed by atoms with Crippen LogP contribution in [0.3, 0.4) is 0 Å². The number of hydrogen-bond acceptors (Lipinski definition) is 6. The number of aliphatic hydroxyl groups excluding tert-OH is 1. The average Bonchev–Trinajstić information content (AvgIpc) is 2.53. The summed E-state index contributed by atoms with van der Waals surface area (Å²) in [6, 6.07) is 3.20. The molecule has 130 valence electrons. The van der Waals surface area contributed by atoms with Crippen LogP contribution in [-0.2, 0) is 14.8 Å². The van der Waals surface area contributed by atoms with E-state index in [-0.39, 0.29) is 23.8 Å². The molecule has 1 rings (SSSR count). The minimum atomic E-state index is -3.89. The van der Waals surface area contributed by atoms with E-state index in [2.05, 4.69) is 10.0 Å². The van der Waals surface area contributed by atoms with Gasteiger partial charge in [0, 0.05) is 19.2 Å². The summed E-state index contributed by atoms with van der Waals surface area (Å²) < 4.78 is 37.0. The van der Waals surface area contributed by atoms with Gasteiger partial charge in [-0.05, 0) is 25.5 Å². The number of rotatable bonds is 9. The molecule has 0 spiro atoms. The first-order chi connectivity index (χ1) is 10.9. The van der Waals surface area contributed by atoms with Crippen molar-refractivity contribution in [2.24, 2.45) is 0 Å². The molecule has 23 heavy (non-hydrogen) atoms. The van der Waals surface area contributed by atoms with Crippen LogP contribution in [0.5, 0.6) is 11.5 Å². The van der Waals surface area contributed by atoms with Crippen LogP contribution in [0.1, 0.15) is 13.3 Å². The predicted octanol–water partition coefficient (Wildman–Crippen LogP) is -0.131. The van der Waals surface area contributed by atoms with E-state index < -0.39 is 22.0 Å². The molecule has 0 unspecified atom stereocenters. The second-order valence-corrected chi connectivity index (χ2v) is 6.44. The molecule has 1 aromatic carbocycles. The second-order valence-electron chi connectivity index (χ2n) is 4.73. The minimum absolute atomic E-state index is 0.0369. The topological polar surface area (TPSA) is 114 Å².